The fourth-order valence-corrected chi connectivity index (χ4v) is 7.09. The highest BCUT2D eigenvalue weighted by atomic mass is 16.4. The zero-order valence-electron chi connectivity index (χ0n) is 37.5. The number of benzene rings is 2. The maximum absolute atomic E-state index is 13.2. The molecule has 63 heavy (non-hydrogen) atoms. The number of nitrogens with two attached hydrogens (primary N) is 2. The topological polar surface area (TPSA) is 272 Å². The normalized spacial score (nSPS) is 13.5. The summed E-state index contributed by atoms with van der Waals surface area (Å²) in [6.07, 6.45) is 11.2. The summed E-state index contributed by atoms with van der Waals surface area (Å²) in [5.74, 6) is -4.37. The van der Waals surface area contributed by atoms with Gasteiger partial charge in [0.2, 0.25) is 35.4 Å². The van der Waals surface area contributed by atoms with Crippen molar-refractivity contribution in [3.63, 3.8) is 0 Å². The maximum Gasteiger partial charge on any atom is 0.326 e. The lowest BCUT2D eigenvalue weighted by Crippen LogP contribution is -2.57. The van der Waals surface area contributed by atoms with Crippen LogP contribution in [-0.4, -0.2) is 88.4 Å². The molecule has 0 aromatic heterocycles. The smallest absolute Gasteiger partial charge is 0.326 e. The van der Waals surface area contributed by atoms with E-state index in [9.17, 15) is 43.8 Å². The first-order valence-corrected chi connectivity index (χ1v) is 22.6. The molecule has 2 aromatic rings. The van der Waals surface area contributed by atoms with Crippen molar-refractivity contribution >= 4 is 47.1 Å². The number of rotatable bonds is 33. The van der Waals surface area contributed by atoms with Crippen LogP contribution < -0.4 is 38.1 Å². The number of primary amides is 1. The number of nitrogen functional groups attached to an aromatic ring is 1. The first kappa shape index (κ1) is 53.6. The van der Waals surface area contributed by atoms with Crippen molar-refractivity contribution in [2.45, 2.75) is 167 Å². The number of aliphatic carboxylic acids is 1. The first-order valence-electron chi connectivity index (χ1n) is 22.6. The second-order valence-corrected chi connectivity index (χ2v) is 16.9. The highest BCUT2D eigenvalue weighted by molar-refractivity contribution is 5.94. The van der Waals surface area contributed by atoms with Crippen LogP contribution in [0.5, 0.6) is 0 Å². The molecule has 16 nitrogen and oxygen atoms in total. The van der Waals surface area contributed by atoms with Crippen LogP contribution in [0.15, 0.2) is 54.6 Å². The van der Waals surface area contributed by atoms with Gasteiger partial charge < -0.3 is 48.3 Å². The van der Waals surface area contributed by atoms with E-state index in [2.05, 4.69) is 26.6 Å². The van der Waals surface area contributed by atoms with Crippen LogP contribution in [0.2, 0.25) is 0 Å². The summed E-state index contributed by atoms with van der Waals surface area (Å²) in [6, 6.07) is 11.7. The predicted molar refractivity (Wildman–Crippen MR) is 243 cm³/mol. The number of carboxylic acid groups (broad SMARTS) is 1. The molecular formula is C47H73N7O9. The molecule has 11 N–H and O–H groups in total. The van der Waals surface area contributed by atoms with Crippen LogP contribution in [0.4, 0.5) is 5.69 Å². The van der Waals surface area contributed by atoms with Crippen LogP contribution in [0.3, 0.4) is 0 Å². The molecule has 0 aliphatic carbocycles. The third kappa shape index (κ3) is 24.1. The Labute approximate surface area is 372 Å². The Morgan fingerprint density at radius 3 is 1.59 bits per heavy atom. The minimum Gasteiger partial charge on any atom is -0.480 e. The van der Waals surface area contributed by atoms with Crippen molar-refractivity contribution in [2.24, 2.45) is 11.7 Å². The number of carbonyl (C=O) groups excluding carboxylic acids is 6. The number of amides is 6. The van der Waals surface area contributed by atoms with Gasteiger partial charge in [0.1, 0.15) is 24.2 Å². The SMILES string of the molecule is CC(C)C[C@H](NC(=O)[C@@H](NC(=O)CCCCCCCCCCCCCCC(=O)N[C@@H](CC(N)=O)C(=O)N[C@@H](Cc1ccccc1)C(=O)O)[C@@H](C)O)C(=O)NCCc1ccc(N)cc1. The Morgan fingerprint density at radius 1 is 0.587 bits per heavy atom. The van der Waals surface area contributed by atoms with Gasteiger partial charge in [0.05, 0.1) is 12.5 Å². The molecule has 2 rings (SSSR count). The number of aliphatic hydroxyl groups is 1. The molecule has 0 fully saturated rings. The molecule has 2 aromatic carbocycles. The molecule has 0 bridgehead atoms. The van der Waals surface area contributed by atoms with Gasteiger partial charge in [-0.1, -0.05) is 121 Å². The summed E-state index contributed by atoms with van der Waals surface area (Å²) in [5, 5.41) is 33.2. The number of aliphatic hydroxyl groups excluding tert-OH is 1. The average Bonchev–Trinajstić information content (AvgIpc) is 3.22. The lowest BCUT2D eigenvalue weighted by Gasteiger charge is -2.25. The number of hydrogen-bond donors (Lipinski definition) is 9. The lowest BCUT2D eigenvalue weighted by atomic mass is 10.0. The van der Waals surface area contributed by atoms with E-state index in [0.29, 0.717) is 43.5 Å². The summed E-state index contributed by atoms with van der Waals surface area (Å²) in [5.41, 5.74) is 13.4. The van der Waals surface area contributed by atoms with Crippen LogP contribution in [-0.2, 0) is 46.4 Å². The molecule has 350 valence electrons. The van der Waals surface area contributed by atoms with Crippen molar-refractivity contribution in [1.82, 2.24) is 26.6 Å². The van der Waals surface area contributed by atoms with Gasteiger partial charge in [0.15, 0.2) is 0 Å². The van der Waals surface area contributed by atoms with Gasteiger partial charge in [-0.3, -0.25) is 28.8 Å². The highest BCUT2D eigenvalue weighted by Crippen LogP contribution is 2.14. The number of hydrogen-bond acceptors (Lipinski definition) is 9. The van der Waals surface area contributed by atoms with Crippen LogP contribution in [0.1, 0.15) is 135 Å². The van der Waals surface area contributed by atoms with Crippen molar-refractivity contribution in [3.05, 3.63) is 65.7 Å². The Hall–Kier alpha value is -5.51. The monoisotopic (exact) mass is 880 g/mol. The van der Waals surface area contributed by atoms with E-state index in [1.807, 2.05) is 26.0 Å². The molecular weight excluding hydrogens is 807 g/mol. The standard InChI is InChI=1S/C47H73N7O9/c1-32(2)29-37(44(59)50-28-27-34-23-25-36(48)26-24-34)52-46(61)43(33(3)55)54-42(58)22-18-13-11-9-7-5-4-6-8-10-12-17-21-41(57)51-38(31-40(49)56)45(60)53-39(47(62)63)30-35-19-15-14-16-20-35/h14-16,19-20,23-26,32-33,37-39,43,55H,4-13,17-18,21-22,27-31,48H2,1-3H3,(H2,49,56)(H,50,59)(H,51,57)(H,52,61)(H,53,60)(H,54,58)(H,62,63)/t33-,37+,38+,39+,43+/m1/s1. The molecule has 0 saturated heterocycles. The van der Waals surface area contributed by atoms with Gasteiger partial charge in [-0.2, -0.15) is 0 Å². The van der Waals surface area contributed by atoms with E-state index in [1.165, 1.54) is 6.92 Å². The van der Waals surface area contributed by atoms with Crippen LogP contribution in [0.25, 0.3) is 0 Å². The molecule has 6 amide bonds. The van der Waals surface area contributed by atoms with E-state index in [-0.39, 0.29) is 37.0 Å². The Kier molecular flexibility index (Phi) is 26.0. The molecule has 0 unspecified atom stereocenters. The second kappa shape index (κ2) is 30.5. The Bertz CT molecular complexity index is 1710. The van der Waals surface area contributed by atoms with Crippen LogP contribution >= 0.6 is 0 Å². The number of nitrogens with one attached hydrogen (secondary N) is 5. The third-order valence-electron chi connectivity index (χ3n) is 10.6. The van der Waals surface area contributed by atoms with Gasteiger partial charge in [-0.25, -0.2) is 4.79 Å². The number of carbonyl (C=O) groups is 7. The summed E-state index contributed by atoms with van der Waals surface area (Å²) in [7, 11) is 0. The molecule has 0 radical (unpaired) electrons. The van der Waals surface area contributed by atoms with E-state index >= 15 is 0 Å². The largest absolute Gasteiger partial charge is 0.480 e. The zero-order valence-corrected chi connectivity index (χ0v) is 37.5. The molecule has 16 heteroatoms. The van der Waals surface area contributed by atoms with Crippen molar-refractivity contribution in [3.8, 4) is 0 Å². The average molecular weight is 880 g/mol. The van der Waals surface area contributed by atoms with E-state index in [4.69, 9.17) is 11.5 Å². The Balaban J connectivity index is 1.57. The summed E-state index contributed by atoms with van der Waals surface area (Å²) < 4.78 is 0. The third-order valence-corrected chi connectivity index (χ3v) is 10.6. The van der Waals surface area contributed by atoms with Gasteiger partial charge >= 0.3 is 5.97 Å². The van der Waals surface area contributed by atoms with Crippen LogP contribution in [0, 0.1) is 5.92 Å². The van der Waals surface area contributed by atoms with Gasteiger partial charge in [-0.05, 0) is 61.8 Å². The lowest BCUT2D eigenvalue weighted by molar-refractivity contribution is -0.142. The van der Waals surface area contributed by atoms with E-state index in [1.54, 1.807) is 42.5 Å². The van der Waals surface area contributed by atoms with Gasteiger partial charge in [0.25, 0.3) is 0 Å². The molecule has 0 aliphatic rings. The Morgan fingerprint density at radius 2 is 1.10 bits per heavy atom. The molecule has 0 heterocycles. The van der Waals surface area contributed by atoms with Crippen molar-refractivity contribution in [1.29, 1.82) is 0 Å². The fraction of sp³-hybridized carbons (Fsp3) is 0.596. The minimum absolute atomic E-state index is 0.0405. The molecule has 0 saturated carbocycles. The zero-order chi connectivity index (χ0) is 46.6. The summed E-state index contributed by atoms with van der Waals surface area (Å²) in [4.78, 5) is 87.8. The summed E-state index contributed by atoms with van der Waals surface area (Å²) >= 11 is 0. The number of carboxylic acids is 1. The predicted octanol–water partition coefficient (Wildman–Crippen LogP) is 3.96. The van der Waals surface area contributed by atoms with Gasteiger partial charge in [0, 0.05) is 31.5 Å². The van der Waals surface area contributed by atoms with Gasteiger partial charge in [-0.15, -0.1) is 0 Å². The summed E-state index contributed by atoms with van der Waals surface area (Å²) in [6.45, 7) is 5.71. The molecule has 5 atom stereocenters. The number of unbranched alkanes of at least 4 members (excludes halogenated alkanes) is 11. The minimum atomic E-state index is -1.27. The highest BCUT2D eigenvalue weighted by Gasteiger charge is 2.31. The van der Waals surface area contributed by atoms with E-state index < -0.39 is 66.3 Å². The first-order chi connectivity index (χ1) is 30.0. The second-order valence-electron chi connectivity index (χ2n) is 16.9. The van der Waals surface area contributed by atoms with Crippen molar-refractivity contribution in [2.75, 3.05) is 12.3 Å². The quantitative estimate of drug-likeness (QED) is 0.0368. The molecule has 0 aliphatic heterocycles. The molecule has 0 spiro atoms. The fourth-order valence-electron chi connectivity index (χ4n) is 7.09. The number of anilines is 1. The van der Waals surface area contributed by atoms with E-state index in [0.717, 1.165) is 69.8 Å². The maximum atomic E-state index is 13.2. The van der Waals surface area contributed by atoms with Crippen molar-refractivity contribution < 1.29 is 43.8 Å².